The third kappa shape index (κ3) is 8.22. The fourth-order valence-electron chi connectivity index (χ4n) is 2.39. The van der Waals surface area contributed by atoms with Gasteiger partial charge in [-0.15, -0.1) is 0 Å². The van der Waals surface area contributed by atoms with Crippen LogP contribution in [0, 0.1) is 0 Å². The van der Waals surface area contributed by atoms with Crippen LogP contribution in [-0.4, -0.2) is 23.0 Å². The van der Waals surface area contributed by atoms with Gasteiger partial charge in [0.25, 0.3) is 10.1 Å². The van der Waals surface area contributed by atoms with Crippen LogP contribution < -0.4 is 0 Å². The van der Waals surface area contributed by atoms with Crippen molar-refractivity contribution in [3.8, 4) is 0 Å². The van der Waals surface area contributed by atoms with Gasteiger partial charge in [0.05, 0.1) is 0 Å². The Kier molecular flexibility index (Phi) is 10.5. The topological polar surface area (TPSA) is 74.6 Å². The number of unbranched alkanes of at least 4 members (excludes halogenated alkanes) is 8. The first-order chi connectivity index (χ1) is 9.37. The van der Waals surface area contributed by atoms with Crippen LogP contribution in [0.5, 0.6) is 0 Å². The van der Waals surface area contributed by atoms with E-state index in [1.54, 1.807) is 0 Å². The van der Waals surface area contributed by atoms with E-state index in [-0.39, 0.29) is 12.8 Å². The van der Waals surface area contributed by atoms with Gasteiger partial charge in [0, 0.05) is 0 Å². The molecule has 0 aliphatic rings. The van der Waals surface area contributed by atoms with Crippen LogP contribution in [-0.2, 0) is 10.1 Å². The highest BCUT2D eigenvalue weighted by molar-refractivity contribution is 7.87. The summed E-state index contributed by atoms with van der Waals surface area (Å²) in [4.78, 5) is -1.94. The lowest BCUT2D eigenvalue weighted by molar-refractivity contribution is 0.0886. The molecule has 5 heteroatoms. The molecule has 20 heavy (non-hydrogen) atoms. The van der Waals surface area contributed by atoms with Crippen LogP contribution in [0.15, 0.2) is 0 Å². The molecular weight excluding hydrogens is 276 g/mol. The predicted octanol–water partition coefficient (Wildman–Crippen LogP) is 4.28. The van der Waals surface area contributed by atoms with Crippen LogP contribution in [0.3, 0.4) is 0 Å². The Balaban J connectivity index is 4.05. The van der Waals surface area contributed by atoms with Gasteiger partial charge in [0.2, 0.25) is 0 Å². The van der Waals surface area contributed by atoms with Crippen molar-refractivity contribution in [2.24, 2.45) is 0 Å². The fourth-order valence-corrected chi connectivity index (χ4v) is 3.20. The van der Waals surface area contributed by atoms with Crippen LogP contribution in [0.2, 0.25) is 0 Å². The second-order valence-electron chi connectivity index (χ2n) is 5.75. The highest BCUT2D eigenvalue weighted by Crippen LogP contribution is 2.27. The first kappa shape index (κ1) is 19.9. The molecule has 0 radical (unpaired) electrons. The van der Waals surface area contributed by atoms with E-state index in [2.05, 4.69) is 6.92 Å². The van der Waals surface area contributed by atoms with Gasteiger partial charge in [-0.1, -0.05) is 65.2 Å². The van der Waals surface area contributed by atoms with E-state index in [0.29, 0.717) is 12.8 Å². The molecule has 0 saturated heterocycles. The smallest absolute Gasteiger partial charge is 0.294 e. The molecule has 0 saturated carbocycles. The monoisotopic (exact) mass is 308 g/mol. The van der Waals surface area contributed by atoms with E-state index >= 15 is 0 Å². The molecule has 0 aliphatic heterocycles. The van der Waals surface area contributed by atoms with Crippen molar-refractivity contribution in [2.75, 3.05) is 0 Å². The number of rotatable bonds is 13. The molecule has 1 unspecified atom stereocenters. The molecule has 2 N–H and O–H groups in total. The molecule has 0 aliphatic carbocycles. The molecule has 0 aromatic heterocycles. The molecule has 122 valence electrons. The Labute approximate surface area is 124 Å². The van der Waals surface area contributed by atoms with Crippen LogP contribution in [0.4, 0.5) is 0 Å². The van der Waals surface area contributed by atoms with Crippen molar-refractivity contribution >= 4 is 10.1 Å². The van der Waals surface area contributed by atoms with Gasteiger partial charge >= 0.3 is 0 Å². The number of hydrogen-bond acceptors (Lipinski definition) is 3. The van der Waals surface area contributed by atoms with Crippen molar-refractivity contribution in [3.05, 3.63) is 0 Å². The molecular formula is C15H32O4S. The van der Waals surface area contributed by atoms with Crippen molar-refractivity contribution in [3.63, 3.8) is 0 Å². The lowest BCUT2D eigenvalue weighted by atomic mass is 10.0. The summed E-state index contributed by atoms with van der Waals surface area (Å²) in [6.07, 6.45) is 10.2. The summed E-state index contributed by atoms with van der Waals surface area (Å²) >= 11 is 0. The second kappa shape index (κ2) is 10.6. The van der Waals surface area contributed by atoms with E-state index in [4.69, 9.17) is 0 Å². The molecule has 0 bridgehead atoms. The molecule has 0 fully saturated rings. The summed E-state index contributed by atoms with van der Waals surface area (Å²) in [5.74, 6) is 0. The van der Waals surface area contributed by atoms with E-state index in [1.165, 1.54) is 19.3 Å². The largest absolute Gasteiger partial charge is 0.372 e. The first-order valence-corrected chi connectivity index (χ1v) is 9.51. The molecule has 0 amide bonds. The average Bonchev–Trinajstić information content (AvgIpc) is 2.37. The molecule has 1 atom stereocenters. The van der Waals surface area contributed by atoms with Crippen molar-refractivity contribution in [1.82, 2.24) is 0 Å². The summed E-state index contributed by atoms with van der Waals surface area (Å²) in [6.45, 7) is 4.19. The van der Waals surface area contributed by atoms with Gasteiger partial charge in [-0.05, 0) is 25.7 Å². The van der Waals surface area contributed by atoms with Crippen LogP contribution >= 0.6 is 0 Å². The predicted molar refractivity (Wildman–Crippen MR) is 83.3 cm³/mol. The standard InChI is InChI=1S/C15H32O4S/c1-3-5-7-8-9-10-12-14-15(16,20(17,18)19)13-11-6-4-2/h16H,3-14H2,1-2H3,(H,17,18,19). The summed E-state index contributed by atoms with van der Waals surface area (Å²) in [5, 5.41) is 10.2. The van der Waals surface area contributed by atoms with Gasteiger partial charge in [-0.25, -0.2) is 0 Å². The lowest BCUT2D eigenvalue weighted by Gasteiger charge is -2.24. The Morgan fingerprint density at radius 2 is 1.10 bits per heavy atom. The molecule has 0 spiro atoms. The summed E-state index contributed by atoms with van der Waals surface area (Å²) in [7, 11) is -4.39. The van der Waals surface area contributed by atoms with Crippen molar-refractivity contribution in [1.29, 1.82) is 0 Å². The minimum Gasteiger partial charge on any atom is -0.372 e. The summed E-state index contributed by atoms with van der Waals surface area (Å²) < 4.78 is 31.9. The fraction of sp³-hybridized carbons (Fsp3) is 1.00. The number of aliphatic hydroxyl groups is 1. The molecule has 4 nitrogen and oxygen atoms in total. The van der Waals surface area contributed by atoms with Gasteiger partial charge in [0.15, 0.2) is 4.93 Å². The quantitative estimate of drug-likeness (QED) is 0.393. The van der Waals surface area contributed by atoms with E-state index < -0.39 is 15.1 Å². The minimum atomic E-state index is -4.39. The highest BCUT2D eigenvalue weighted by atomic mass is 32.2. The van der Waals surface area contributed by atoms with Gasteiger partial charge in [-0.2, -0.15) is 8.42 Å². The second-order valence-corrected chi connectivity index (χ2v) is 7.46. The zero-order valence-electron chi connectivity index (χ0n) is 13.1. The maximum atomic E-state index is 11.4. The first-order valence-electron chi connectivity index (χ1n) is 8.06. The zero-order valence-corrected chi connectivity index (χ0v) is 13.9. The summed E-state index contributed by atoms with van der Waals surface area (Å²) in [5.41, 5.74) is 0. The molecule has 0 aromatic carbocycles. The van der Waals surface area contributed by atoms with E-state index in [1.807, 2.05) is 6.92 Å². The number of hydrogen-bond donors (Lipinski definition) is 2. The van der Waals surface area contributed by atoms with Crippen molar-refractivity contribution < 1.29 is 18.1 Å². The summed E-state index contributed by atoms with van der Waals surface area (Å²) in [6, 6.07) is 0. The van der Waals surface area contributed by atoms with Crippen LogP contribution in [0.25, 0.3) is 0 Å². The maximum absolute atomic E-state index is 11.4. The Morgan fingerprint density at radius 3 is 1.55 bits per heavy atom. The SMILES string of the molecule is CCCCCCCCCC(O)(CCCCC)S(=O)(=O)O. The van der Waals surface area contributed by atoms with Gasteiger partial charge < -0.3 is 5.11 Å². The maximum Gasteiger partial charge on any atom is 0.294 e. The molecule has 0 aromatic rings. The lowest BCUT2D eigenvalue weighted by Crippen LogP contribution is -2.38. The zero-order chi connectivity index (χ0) is 15.5. The highest BCUT2D eigenvalue weighted by Gasteiger charge is 2.39. The van der Waals surface area contributed by atoms with Crippen LogP contribution in [0.1, 0.15) is 90.9 Å². The van der Waals surface area contributed by atoms with Crippen molar-refractivity contribution in [2.45, 2.75) is 95.8 Å². The van der Waals surface area contributed by atoms with Gasteiger partial charge in [-0.3, -0.25) is 4.55 Å². The normalized spacial score (nSPS) is 15.2. The molecule has 0 rings (SSSR count). The third-order valence-corrected chi connectivity index (χ3v) is 5.19. The van der Waals surface area contributed by atoms with E-state index in [9.17, 15) is 18.1 Å². The Morgan fingerprint density at radius 1 is 0.750 bits per heavy atom. The third-order valence-electron chi connectivity index (χ3n) is 3.82. The minimum absolute atomic E-state index is 0.134. The Hall–Kier alpha value is -0.130. The molecule has 0 heterocycles. The van der Waals surface area contributed by atoms with E-state index in [0.717, 1.165) is 32.1 Å². The van der Waals surface area contributed by atoms with Gasteiger partial charge in [0.1, 0.15) is 0 Å². The average molecular weight is 308 g/mol. The Bertz CT molecular complexity index is 327.